The van der Waals surface area contributed by atoms with E-state index in [0.29, 0.717) is 0 Å². The molecule has 5 nitrogen and oxygen atoms in total. The van der Waals surface area contributed by atoms with Crippen molar-refractivity contribution >= 4 is 5.69 Å². The van der Waals surface area contributed by atoms with E-state index in [2.05, 4.69) is 66.1 Å². The van der Waals surface area contributed by atoms with Crippen LogP contribution in [0.15, 0.2) is 36.5 Å². The number of benzene rings is 1. The van der Waals surface area contributed by atoms with Crippen molar-refractivity contribution in [3.05, 3.63) is 42.2 Å². The maximum Gasteiger partial charge on any atom is 0.120 e. The number of ether oxygens (including phenoxy) is 1. The van der Waals surface area contributed by atoms with Crippen LogP contribution < -0.4 is 9.64 Å². The summed E-state index contributed by atoms with van der Waals surface area (Å²) >= 11 is 0. The first-order chi connectivity index (χ1) is 11.5. The fourth-order valence-corrected chi connectivity index (χ4v) is 3.54. The van der Waals surface area contributed by atoms with Gasteiger partial charge in [0.2, 0.25) is 0 Å². The zero-order valence-corrected chi connectivity index (χ0v) is 15.2. The van der Waals surface area contributed by atoms with Crippen molar-refractivity contribution in [1.29, 1.82) is 0 Å². The van der Waals surface area contributed by atoms with Gasteiger partial charge in [-0.1, -0.05) is 6.07 Å². The Morgan fingerprint density at radius 1 is 1.21 bits per heavy atom. The van der Waals surface area contributed by atoms with Gasteiger partial charge in [0.05, 0.1) is 12.8 Å². The van der Waals surface area contributed by atoms with Crippen LogP contribution in [-0.4, -0.2) is 47.0 Å². The van der Waals surface area contributed by atoms with Crippen molar-refractivity contribution in [1.82, 2.24) is 14.7 Å². The van der Waals surface area contributed by atoms with E-state index >= 15 is 0 Å². The Kier molecular flexibility index (Phi) is 4.81. The fraction of sp³-hybridized carbons (Fsp3) is 0.526. The lowest BCUT2D eigenvalue weighted by molar-refractivity contribution is 0.173. The highest BCUT2D eigenvalue weighted by Gasteiger charge is 2.34. The number of rotatable bonds is 5. The molecule has 0 radical (unpaired) electrons. The molecule has 0 aliphatic carbocycles. The maximum atomic E-state index is 5.38. The third-order valence-corrected chi connectivity index (χ3v) is 4.75. The molecule has 1 fully saturated rings. The standard InChI is InChI=1S/C19H28N4O/c1-5-22-10-9-16(20-22)14-21-11-12-23(19(2,3)15-21)17-7-6-8-18(13-17)24-4/h6-10,13H,5,11-12,14-15H2,1-4H3. The summed E-state index contributed by atoms with van der Waals surface area (Å²) in [5.41, 5.74) is 2.45. The molecular formula is C19H28N4O. The molecule has 1 aliphatic rings. The van der Waals surface area contributed by atoms with Gasteiger partial charge in [-0.15, -0.1) is 0 Å². The molecule has 0 amide bonds. The summed E-state index contributed by atoms with van der Waals surface area (Å²) in [5.74, 6) is 0.913. The van der Waals surface area contributed by atoms with E-state index in [9.17, 15) is 0 Å². The minimum atomic E-state index is 0.0674. The molecule has 5 heteroatoms. The van der Waals surface area contributed by atoms with Gasteiger partial charge in [0.1, 0.15) is 5.75 Å². The molecule has 2 heterocycles. The monoisotopic (exact) mass is 328 g/mol. The van der Waals surface area contributed by atoms with Crippen molar-refractivity contribution in [2.45, 2.75) is 39.4 Å². The Morgan fingerprint density at radius 2 is 2.04 bits per heavy atom. The van der Waals surface area contributed by atoms with Crippen molar-refractivity contribution < 1.29 is 4.74 Å². The van der Waals surface area contributed by atoms with Crippen LogP contribution in [0.2, 0.25) is 0 Å². The highest BCUT2D eigenvalue weighted by atomic mass is 16.5. The van der Waals surface area contributed by atoms with Gasteiger partial charge >= 0.3 is 0 Å². The van der Waals surface area contributed by atoms with Gasteiger partial charge in [0, 0.05) is 56.2 Å². The average molecular weight is 328 g/mol. The molecule has 1 aromatic heterocycles. The number of nitrogens with zero attached hydrogens (tertiary/aromatic N) is 4. The Labute approximate surface area is 144 Å². The van der Waals surface area contributed by atoms with Crippen molar-refractivity contribution in [3.8, 4) is 5.75 Å². The zero-order chi connectivity index (χ0) is 17.2. The second-order valence-corrected chi connectivity index (χ2v) is 7.04. The van der Waals surface area contributed by atoms with Gasteiger partial charge in [-0.2, -0.15) is 5.10 Å². The molecule has 0 unspecified atom stereocenters. The number of hydrogen-bond acceptors (Lipinski definition) is 4. The largest absolute Gasteiger partial charge is 0.497 e. The third kappa shape index (κ3) is 3.56. The first kappa shape index (κ1) is 16.8. The second-order valence-electron chi connectivity index (χ2n) is 7.04. The lowest BCUT2D eigenvalue weighted by Crippen LogP contribution is -2.59. The Morgan fingerprint density at radius 3 is 2.71 bits per heavy atom. The Hall–Kier alpha value is -2.01. The van der Waals surface area contributed by atoms with Gasteiger partial charge in [0.25, 0.3) is 0 Å². The number of anilines is 1. The van der Waals surface area contributed by atoms with E-state index in [1.807, 2.05) is 10.7 Å². The van der Waals surface area contributed by atoms with E-state index < -0.39 is 0 Å². The number of aromatic nitrogens is 2. The van der Waals surface area contributed by atoms with Crippen LogP contribution in [0.1, 0.15) is 26.5 Å². The minimum absolute atomic E-state index is 0.0674. The highest BCUT2D eigenvalue weighted by molar-refractivity contribution is 5.53. The first-order valence-electron chi connectivity index (χ1n) is 8.68. The van der Waals surface area contributed by atoms with E-state index in [1.54, 1.807) is 7.11 Å². The van der Waals surface area contributed by atoms with Gasteiger partial charge in [0.15, 0.2) is 0 Å². The molecule has 1 aliphatic heterocycles. The van der Waals surface area contributed by atoms with Gasteiger partial charge in [-0.05, 0) is 39.0 Å². The van der Waals surface area contributed by atoms with Gasteiger partial charge in [-0.3, -0.25) is 9.58 Å². The summed E-state index contributed by atoms with van der Waals surface area (Å²) in [7, 11) is 1.72. The quantitative estimate of drug-likeness (QED) is 0.845. The summed E-state index contributed by atoms with van der Waals surface area (Å²) in [6, 6.07) is 10.5. The summed E-state index contributed by atoms with van der Waals surface area (Å²) in [5, 5.41) is 4.62. The molecular weight excluding hydrogens is 300 g/mol. The maximum absolute atomic E-state index is 5.38. The summed E-state index contributed by atoms with van der Waals surface area (Å²) in [6.07, 6.45) is 2.06. The van der Waals surface area contributed by atoms with Crippen LogP contribution in [-0.2, 0) is 13.1 Å². The topological polar surface area (TPSA) is 33.5 Å². The number of piperazine rings is 1. The predicted molar refractivity (Wildman–Crippen MR) is 97.6 cm³/mol. The fourth-order valence-electron chi connectivity index (χ4n) is 3.54. The molecule has 1 saturated heterocycles. The smallest absolute Gasteiger partial charge is 0.120 e. The second kappa shape index (κ2) is 6.85. The van der Waals surface area contributed by atoms with Crippen molar-refractivity contribution in [2.24, 2.45) is 0 Å². The molecule has 0 saturated carbocycles. The number of methoxy groups -OCH3 is 1. The molecule has 130 valence electrons. The van der Waals surface area contributed by atoms with Crippen LogP contribution in [0.3, 0.4) is 0 Å². The van der Waals surface area contributed by atoms with E-state index in [0.717, 1.165) is 44.2 Å². The molecule has 0 bridgehead atoms. The summed E-state index contributed by atoms with van der Waals surface area (Å²) < 4.78 is 7.37. The van der Waals surface area contributed by atoms with Crippen LogP contribution in [0, 0.1) is 0 Å². The normalized spacial score (nSPS) is 17.9. The van der Waals surface area contributed by atoms with Crippen molar-refractivity contribution in [2.75, 3.05) is 31.6 Å². The average Bonchev–Trinajstić information content (AvgIpc) is 3.01. The molecule has 0 spiro atoms. The molecule has 3 rings (SSSR count). The molecule has 0 N–H and O–H groups in total. The summed E-state index contributed by atoms with van der Waals surface area (Å²) in [6.45, 7) is 11.6. The van der Waals surface area contributed by atoms with Crippen molar-refractivity contribution in [3.63, 3.8) is 0 Å². The van der Waals surface area contributed by atoms with E-state index in [4.69, 9.17) is 4.74 Å². The van der Waals surface area contributed by atoms with E-state index in [1.165, 1.54) is 5.69 Å². The lowest BCUT2D eigenvalue weighted by Gasteiger charge is -2.48. The van der Waals surface area contributed by atoms with Crippen LogP contribution in [0.5, 0.6) is 5.75 Å². The molecule has 2 aromatic rings. The van der Waals surface area contributed by atoms with E-state index in [-0.39, 0.29) is 5.54 Å². The SMILES string of the molecule is CCn1ccc(CN2CCN(c3cccc(OC)c3)C(C)(C)C2)n1. The molecule has 0 atom stereocenters. The third-order valence-electron chi connectivity index (χ3n) is 4.75. The number of aryl methyl sites for hydroxylation is 1. The zero-order valence-electron chi connectivity index (χ0n) is 15.2. The highest BCUT2D eigenvalue weighted by Crippen LogP contribution is 2.30. The summed E-state index contributed by atoms with van der Waals surface area (Å²) in [4.78, 5) is 4.98. The predicted octanol–water partition coefficient (Wildman–Crippen LogP) is 3.01. The van der Waals surface area contributed by atoms with Crippen LogP contribution >= 0.6 is 0 Å². The van der Waals surface area contributed by atoms with Gasteiger partial charge in [-0.25, -0.2) is 0 Å². The van der Waals surface area contributed by atoms with Crippen LogP contribution in [0.25, 0.3) is 0 Å². The molecule has 24 heavy (non-hydrogen) atoms. The van der Waals surface area contributed by atoms with Gasteiger partial charge < -0.3 is 9.64 Å². The lowest BCUT2D eigenvalue weighted by atomic mass is 9.97. The first-order valence-corrected chi connectivity index (χ1v) is 8.68. The minimum Gasteiger partial charge on any atom is -0.497 e. The Bertz CT molecular complexity index is 680. The molecule has 1 aromatic carbocycles. The Balaban J connectivity index is 1.69. The van der Waals surface area contributed by atoms with Crippen LogP contribution in [0.4, 0.5) is 5.69 Å². The number of hydrogen-bond donors (Lipinski definition) is 0.